The normalized spacial score (nSPS) is 24.5. The van der Waals surface area contributed by atoms with Crippen molar-refractivity contribution in [2.45, 2.75) is 116 Å². The van der Waals surface area contributed by atoms with Crippen LogP contribution in [0, 0.1) is 46.9 Å². The molecule has 0 N–H and O–H groups in total. The molecular formula is C38H50F4O2. The lowest BCUT2D eigenvalue weighted by atomic mass is 9.73. The molecule has 6 rings (SSSR count). The van der Waals surface area contributed by atoms with Crippen LogP contribution < -0.4 is 9.47 Å². The third-order valence-corrected chi connectivity index (χ3v) is 10.9. The van der Waals surface area contributed by atoms with Crippen LogP contribution in [0.3, 0.4) is 0 Å². The molecule has 44 heavy (non-hydrogen) atoms. The number of ether oxygens (including phenoxy) is 2. The summed E-state index contributed by atoms with van der Waals surface area (Å²) in [6, 6.07) is 6.51. The molecule has 4 aliphatic carbocycles. The minimum absolute atomic E-state index is 0.00370. The van der Waals surface area contributed by atoms with E-state index in [-0.39, 0.29) is 17.4 Å². The van der Waals surface area contributed by atoms with Crippen LogP contribution in [0.25, 0.3) is 5.57 Å². The Hall–Kier alpha value is -2.50. The van der Waals surface area contributed by atoms with E-state index in [4.69, 9.17) is 9.47 Å². The van der Waals surface area contributed by atoms with E-state index in [0.29, 0.717) is 24.3 Å². The minimum atomic E-state index is -0.863. The Balaban J connectivity index is 0.000000175. The van der Waals surface area contributed by atoms with Crippen molar-refractivity contribution in [2.75, 3.05) is 13.2 Å². The molecule has 1 unspecified atom stereocenters. The van der Waals surface area contributed by atoms with Gasteiger partial charge in [-0.15, -0.1) is 0 Å². The van der Waals surface area contributed by atoms with Gasteiger partial charge in [0, 0.05) is 5.56 Å². The van der Waals surface area contributed by atoms with Crippen molar-refractivity contribution in [3.05, 3.63) is 64.7 Å². The first kappa shape index (κ1) is 32.9. The molecule has 4 aliphatic rings. The predicted octanol–water partition coefficient (Wildman–Crippen LogP) is 11.6. The Morgan fingerprint density at radius 2 is 1.09 bits per heavy atom. The van der Waals surface area contributed by atoms with Gasteiger partial charge in [0.15, 0.2) is 23.1 Å². The quantitative estimate of drug-likeness (QED) is 0.275. The lowest BCUT2D eigenvalue weighted by Gasteiger charge is -2.32. The summed E-state index contributed by atoms with van der Waals surface area (Å²) >= 11 is 0. The lowest BCUT2D eigenvalue weighted by Crippen LogP contribution is -2.20. The van der Waals surface area contributed by atoms with E-state index in [2.05, 4.69) is 6.08 Å². The van der Waals surface area contributed by atoms with Gasteiger partial charge in [-0.3, -0.25) is 0 Å². The van der Waals surface area contributed by atoms with Gasteiger partial charge in [0.2, 0.25) is 11.6 Å². The van der Waals surface area contributed by atoms with Gasteiger partial charge >= 0.3 is 0 Å². The highest BCUT2D eigenvalue weighted by molar-refractivity contribution is 5.67. The molecule has 0 bridgehead atoms. The Morgan fingerprint density at radius 3 is 1.64 bits per heavy atom. The third-order valence-electron chi connectivity index (χ3n) is 10.9. The van der Waals surface area contributed by atoms with Crippen LogP contribution in [0.1, 0.15) is 127 Å². The fourth-order valence-corrected chi connectivity index (χ4v) is 8.46. The second kappa shape index (κ2) is 15.7. The molecule has 2 aromatic rings. The molecule has 0 aromatic heterocycles. The highest BCUT2D eigenvalue weighted by Crippen LogP contribution is 2.45. The van der Waals surface area contributed by atoms with Crippen LogP contribution in [0.4, 0.5) is 17.6 Å². The minimum Gasteiger partial charge on any atom is -0.491 e. The van der Waals surface area contributed by atoms with E-state index in [1.54, 1.807) is 38.1 Å². The fraction of sp³-hybridized carbons (Fsp3) is 0.632. The first-order chi connectivity index (χ1) is 21.4. The van der Waals surface area contributed by atoms with Gasteiger partial charge in [-0.1, -0.05) is 63.5 Å². The van der Waals surface area contributed by atoms with Crippen LogP contribution in [0.15, 0.2) is 30.3 Å². The van der Waals surface area contributed by atoms with Crippen molar-refractivity contribution < 1.29 is 27.0 Å². The molecule has 0 spiro atoms. The van der Waals surface area contributed by atoms with E-state index in [1.807, 2.05) is 0 Å². The predicted molar refractivity (Wildman–Crippen MR) is 169 cm³/mol. The third kappa shape index (κ3) is 7.65. The maximum absolute atomic E-state index is 14.3. The van der Waals surface area contributed by atoms with Crippen molar-refractivity contribution in [3.8, 4) is 11.5 Å². The van der Waals surface area contributed by atoms with Gasteiger partial charge in [0.25, 0.3) is 0 Å². The molecule has 6 heteroatoms. The summed E-state index contributed by atoms with van der Waals surface area (Å²) in [5, 5.41) is 0. The molecule has 0 radical (unpaired) electrons. The van der Waals surface area contributed by atoms with Gasteiger partial charge in [-0.25, -0.2) is 8.78 Å². The molecule has 3 saturated carbocycles. The van der Waals surface area contributed by atoms with Gasteiger partial charge < -0.3 is 9.47 Å². The van der Waals surface area contributed by atoms with E-state index in [0.717, 1.165) is 61.3 Å². The van der Waals surface area contributed by atoms with Crippen LogP contribution in [0.5, 0.6) is 11.5 Å². The van der Waals surface area contributed by atoms with Gasteiger partial charge in [-0.05, 0) is 118 Å². The summed E-state index contributed by atoms with van der Waals surface area (Å²) in [4.78, 5) is 0. The Bertz CT molecular complexity index is 1250. The summed E-state index contributed by atoms with van der Waals surface area (Å²) in [7, 11) is 0. The molecule has 0 heterocycles. The molecule has 0 amide bonds. The molecule has 0 aliphatic heterocycles. The molecule has 242 valence electrons. The average molecular weight is 615 g/mol. The number of rotatable bonds is 8. The summed E-state index contributed by atoms with van der Waals surface area (Å²) in [6.07, 6.45) is 20.3. The average Bonchev–Trinajstić information content (AvgIpc) is 3.79. The summed E-state index contributed by atoms with van der Waals surface area (Å²) < 4.78 is 66.9. The van der Waals surface area contributed by atoms with Crippen molar-refractivity contribution in [3.63, 3.8) is 0 Å². The van der Waals surface area contributed by atoms with E-state index in [1.165, 1.54) is 64.2 Å². The van der Waals surface area contributed by atoms with Crippen molar-refractivity contribution in [2.24, 2.45) is 23.7 Å². The van der Waals surface area contributed by atoms with Crippen molar-refractivity contribution in [1.29, 1.82) is 0 Å². The number of allylic oxidation sites excluding steroid dienone is 2. The van der Waals surface area contributed by atoms with E-state index < -0.39 is 23.3 Å². The van der Waals surface area contributed by atoms with Crippen molar-refractivity contribution in [1.82, 2.24) is 0 Å². The van der Waals surface area contributed by atoms with Crippen LogP contribution >= 0.6 is 0 Å². The maximum Gasteiger partial charge on any atom is 0.201 e. The Kier molecular flexibility index (Phi) is 11.7. The molecule has 0 saturated heterocycles. The van der Waals surface area contributed by atoms with Crippen LogP contribution in [0.2, 0.25) is 0 Å². The largest absolute Gasteiger partial charge is 0.491 e. The zero-order valence-electron chi connectivity index (χ0n) is 26.6. The summed E-state index contributed by atoms with van der Waals surface area (Å²) in [6.45, 7) is 4.22. The first-order valence-electron chi connectivity index (χ1n) is 17.3. The highest BCUT2D eigenvalue weighted by atomic mass is 19.2. The number of benzene rings is 2. The first-order valence-corrected chi connectivity index (χ1v) is 17.3. The summed E-state index contributed by atoms with van der Waals surface area (Å²) in [5.41, 5.74) is 1.91. The van der Waals surface area contributed by atoms with Crippen LogP contribution in [-0.2, 0) is 0 Å². The number of halogens is 4. The van der Waals surface area contributed by atoms with E-state index >= 15 is 0 Å². The second-order valence-electron chi connectivity index (χ2n) is 13.4. The standard InChI is InChI=1S/C19H26F2O.C19H24F2O/c2*1-2-22-17-12-11-16(18(20)19(17)21)15-9-7-14(8-10-15)13-5-3-4-6-13/h11-15H,2-10H2,1H3;9,11-14H,2-8,10H2,1H3. The lowest BCUT2D eigenvalue weighted by molar-refractivity contribution is 0.232. The molecule has 2 nitrogen and oxygen atoms in total. The SMILES string of the molecule is CCOc1ccc(C2=CCC(C3CCCC3)CC2)c(F)c1F.CCOc1ccc(C2CCC(C3CCCC3)CC2)c(F)c1F. The van der Waals surface area contributed by atoms with Crippen LogP contribution in [-0.4, -0.2) is 13.2 Å². The zero-order chi connectivity index (χ0) is 31.1. The number of hydrogen-bond acceptors (Lipinski definition) is 2. The zero-order valence-corrected chi connectivity index (χ0v) is 26.6. The van der Waals surface area contributed by atoms with Crippen molar-refractivity contribution >= 4 is 5.57 Å². The smallest absolute Gasteiger partial charge is 0.201 e. The maximum atomic E-state index is 14.3. The van der Waals surface area contributed by atoms with E-state index in [9.17, 15) is 17.6 Å². The summed E-state index contributed by atoms with van der Waals surface area (Å²) in [5.74, 6) is 0.344. The number of hydrogen-bond donors (Lipinski definition) is 0. The second-order valence-corrected chi connectivity index (χ2v) is 13.4. The topological polar surface area (TPSA) is 18.5 Å². The highest BCUT2D eigenvalue weighted by Gasteiger charge is 2.32. The Morgan fingerprint density at radius 1 is 0.568 bits per heavy atom. The van der Waals surface area contributed by atoms with Gasteiger partial charge in [-0.2, -0.15) is 8.78 Å². The Labute approximate surface area is 261 Å². The fourth-order valence-electron chi connectivity index (χ4n) is 8.46. The van der Waals surface area contributed by atoms with Gasteiger partial charge in [0.1, 0.15) is 0 Å². The molecular weight excluding hydrogens is 564 g/mol. The van der Waals surface area contributed by atoms with Gasteiger partial charge in [0.05, 0.1) is 13.2 Å². The molecule has 1 atom stereocenters. The monoisotopic (exact) mass is 614 g/mol. The molecule has 2 aromatic carbocycles. The molecule has 3 fully saturated rings.